The van der Waals surface area contributed by atoms with Crippen LogP contribution < -0.4 is 0 Å². The molecule has 1 unspecified atom stereocenters. The minimum absolute atomic E-state index is 0.362. The second-order valence-corrected chi connectivity index (χ2v) is 5.48. The Labute approximate surface area is 107 Å². The predicted molar refractivity (Wildman–Crippen MR) is 63.8 cm³/mol. The van der Waals surface area contributed by atoms with Gasteiger partial charge in [0.1, 0.15) is 0 Å². The number of hydrogen-bond donors (Lipinski definition) is 1. The van der Waals surface area contributed by atoms with Crippen molar-refractivity contribution in [1.82, 2.24) is 0 Å². The van der Waals surface area contributed by atoms with Crippen LogP contribution >= 0.6 is 15.9 Å². The molecule has 0 aliphatic rings. The molecule has 0 saturated carbocycles. The Kier molecular flexibility index (Phi) is 4.25. The Morgan fingerprint density at radius 1 is 1.24 bits per heavy atom. The smallest absolute Gasteiger partial charge is 0.384 e. The van der Waals surface area contributed by atoms with Gasteiger partial charge in [0.15, 0.2) is 6.10 Å². The van der Waals surface area contributed by atoms with Gasteiger partial charge in [-0.15, -0.1) is 0 Å². The Balaban J connectivity index is 2.93. The summed E-state index contributed by atoms with van der Waals surface area (Å²) in [5.41, 5.74) is -0.00187. The molecule has 0 fully saturated rings. The molecular formula is C12H14BrF3O. The first-order chi connectivity index (χ1) is 7.64. The first-order valence-corrected chi connectivity index (χ1v) is 5.93. The normalized spacial score (nSPS) is 14.8. The third kappa shape index (κ3) is 3.71. The lowest BCUT2D eigenvalue weighted by Crippen LogP contribution is -2.35. The Morgan fingerprint density at radius 2 is 1.76 bits per heavy atom. The fourth-order valence-electron chi connectivity index (χ4n) is 1.72. The molecule has 0 aliphatic carbocycles. The van der Waals surface area contributed by atoms with Crippen LogP contribution in [0.5, 0.6) is 0 Å². The highest BCUT2D eigenvalue weighted by atomic mass is 79.9. The molecular weight excluding hydrogens is 297 g/mol. The van der Waals surface area contributed by atoms with E-state index < -0.39 is 17.7 Å². The standard InChI is InChI=1S/C12H14BrF3O/c1-11(2,7-10(17)12(14,15)16)8-5-3-4-6-9(8)13/h3-6,10,17H,7H2,1-2H3. The molecule has 0 aliphatic heterocycles. The summed E-state index contributed by atoms with van der Waals surface area (Å²) < 4.78 is 37.8. The van der Waals surface area contributed by atoms with Gasteiger partial charge in [-0.2, -0.15) is 13.2 Å². The zero-order valence-electron chi connectivity index (χ0n) is 9.55. The topological polar surface area (TPSA) is 20.2 Å². The number of hydrogen-bond acceptors (Lipinski definition) is 1. The summed E-state index contributed by atoms with van der Waals surface area (Å²) in [4.78, 5) is 0. The molecule has 1 aromatic carbocycles. The zero-order valence-corrected chi connectivity index (χ0v) is 11.1. The average Bonchev–Trinajstić information content (AvgIpc) is 2.15. The molecule has 96 valence electrons. The SMILES string of the molecule is CC(C)(CC(O)C(F)(F)F)c1ccccc1Br. The van der Waals surface area contributed by atoms with Crippen LogP contribution in [-0.2, 0) is 5.41 Å². The van der Waals surface area contributed by atoms with Crippen molar-refractivity contribution in [2.75, 3.05) is 0 Å². The zero-order chi connectivity index (χ0) is 13.3. The lowest BCUT2D eigenvalue weighted by Gasteiger charge is -2.29. The largest absolute Gasteiger partial charge is 0.414 e. The quantitative estimate of drug-likeness (QED) is 0.893. The van der Waals surface area contributed by atoms with Crippen molar-refractivity contribution in [3.05, 3.63) is 34.3 Å². The highest BCUT2D eigenvalue weighted by molar-refractivity contribution is 9.10. The van der Waals surface area contributed by atoms with Gasteiger partial charge < -0.3 is 5.11 Å². The Hall–Kier alpha value is -0.550. The summed E-state index contributed by atoms with van der Waals surface area (Å²) in [5.74, 6) is 0. The van der Waals surface area contributed by atoms with Crippen LogP contribution in [0.1, 0.15) is 25.8 Å². The molecule has 1 aromatic rings. The van der Waals surface area contributed by atoms with Crippen molar-refractivity contribution in [2.45, 2.75) is 38.0 Å². The van der Waals surface area contributed by atoms with Gasteiger partial charge in [-0.1, -0.05) is 48.0 Å². The maximum absolute atomic E-state index is 12.3. The van der Waals surface area contributed by atoms with E-state index in [1.54, 1.807) is 38.1 Å². The van der Waals surface area contributed by atoms with E-state index in [-0.39, 0.29) is 6.42 Å². The summed E-state index contributed by atoms with van der Waals surface area (Å²) in [6.45, 7) is 3.37. The highest BCUT2D eigenvalue weighted by Gasteiger charge is 2.42. The van der Waals surface area contributed by atoms with E-state index in [1.807, 2.05) is 0 Å². The van der Waals surface area contributed by atoms with Crippen LogP contribution in [0, 0.1) is 0 Å². The second kappa shape index (κ2) is 4.98. The molecule has 5 heteroatoms. The van der Waals surface area contributed by atoms with Gasteiger partial charge in [-0.25, -0.2) is 0 Å². The summed E-state index contributed by atoms with van der Waals surface area (Å²) in [5, 5.41) is 9.13. The van der Waals surface area contributed by atoms with E-state index in [4.69, 9.17) is 5.11 Å². The van der Waals surface area contributed by atoms with Crippen LogP contribution in [0.4, 0.5) is 13.2 Å². The molecule has 0 bridgehead atoms. The maximum atomic E-state index is 12.3. The van der Waals surface area contributed by atoms with Crippen molar-refractivity contribution in [1.29, 1.82) is 0 Å². The minimum atomic E-state index is -4.57. The number of rotatable bonds is 3. The van der Waals surface area contributed by atoms with Gasteiger partial charge in [0.05, 0.1) is 0 Å². The van der Waals surface area contributed by atoms with Crippen LogP contribution in [0.15, 0.2) is 28.7 Å². The minimum Gasteiger partial charge on any atom is -0.384 e. The monoisotopic (exact) mass is 310 g/mol. The van der Waals surface area contributed by atoms with Gasteiger partial charge in [0, 0.05) is 4.47 Å². The van der Waals surface area contributed by atoms with Crippen LogP contribution in [0.3, 0.4) is 0 Å². The van der Waals surface area contributed by atoms with Crippen molar-refractivity contribution in [2.24, 2.45) is 0 Å². The van der Waals surface area contributed by atoms with Crippen LogP contribution in [0.25, 0.3) is 0 Å². The fraction of sp³-hybridized carbons (Fsp3) is 0.500. The lowest BCUT2D eigenvalue weighted by molar-refractivity contribution is -0.208. The molecule has 0 aromatic heterocycles. The molecule has 1 atom stereocenters. The lowest BCUT2D eigenvalue weighted by atomic mass is 9.79. The molecule has 1 nitrogen and oxygen atoms in total. The third-order valence-electron chi connectivity index (χ3n) is 2.68. The van der Waals surface area contributed by atoms with Crippen LogP contribution in [0.2, 0.25) is 0 Å². The summed E-state index contributed by atoms with van der Waals surface area (Å²) in [6.07, 6.45) is -7.23. The molecule has 0 spiro atoms. The molecule has 0 radical (unpaired) electrons. The van der Waals surface area contributed by atoms with Gasteiger partial charge in [0.2, 0.25) is 0 Å². The summed E-state index contributed by atoms with van der Waals surface area (Å²) >= 11 is 3.31. The van der Waals surface area contributed by atoms with E-state index in [0.29, 0.717) is 0 Å². The maximum Gasteiger partial charge on any atom is 0.414 e. The van der Waals surface area contributed by atoms with Crippen molar-refractivity contribution >= 4 is 15.9 Å². The van der Waals surface area contributed by atoms with E-state index in [1.165, 1.54) is 0 Å². The van der Waals surface area contributed by atoms with Crippen LogP contribution in [-0.4, -0.2) is 17.4 Å². The number of alkyl halides is 3. The van der Waals surface area contributed by atoms with E-state index in [2.05, 4.69) is 15.9 Å². The third-order valence-corrected chi connectivity index (χ3v) is 3.38. The van der Waals surface area contributed by atoms with E-state index in [0.717, 1.165) is 10.0 Å². The molecule has 0 amide bonds. The van der Waals surface area contributed by atoms with Crippen molar-refractivity contribution < 1.29 is 18.3 Å². The second-order valence-electron chi connectivity index (χ2n) is 4.63. The Morgan fingerprint density at radius 3 is 2.24 bits per heavy atom. The molecule has 0 saturated heterocycles. The summed E-state index contributed by atoms with van der Waals surface area (Å²) in [6, 6.07) is 7.09. The molecule has 1 N–H and O–H groups in total. The van der Waals surface area contributed by atoms with Gasteiger partial charge in [-0.3, -0.25) is 0 Å². The average molecular weight is 311 g/mol. The van der Waals surface area contributed by atoms with Gasteiger partial charge in [-0.05, 0) is 23.5 Å². The molecule has 1 rings (SSSR count). The number of halogens is 4. The molecule has 0 heterocycles. The first kappa shape index (κ1) is 14.5. The Bertz CT molecular complexity index is 388. The number of aliphatic hydroxyl groups excluding tert-OH is 1. The first-order valence-electron chi connectivity index (χ1n) is 5.14. The van der Waals surface area contributed by atoms with Crippen molar-refractivity contribution in [3.8, 4) is 0 Å². The van der Waals surface area contributed by atoms with E-state index >= 15 is 0 Å². The highest BCUT2D eigenvalue weighted by Crippen LogP contribution is 2.36. The van der Waals surface area contributed by atoms with E-state index in [9.17, 15) is 13.2 Å². The number of benzene rings is 1. The predicted octanol–water partition coefficient (Wildman–Crippen LogP) is 4.04. The summed E-state index contributed by atoms with van der Waals surface area (Å²) in [7, 11) is 0. The number of aliphatic hydroxyl groups is 1. The fourth-order valence-corrected chi connectivity index (χ4v) is 2.54. The van der Waals surface area contributed by atoms with Gasteiger partial charge >= 0.3 is 6.18 Å². The van der Waals surface area contributed by atoms with Crippen molar-refractivity contribution in [3.63, 3.8) is 0 Å². The van der Waals surface area contributed by atoms with Gasteiger partial charge in [0.25, 0.3) is 0 Å². The molecule has 17 heavy (non-hydrogen) atoms.